The van der Waals surface area contributed by atoms with Crippen LogP contribution in [0.4, 0.5) is 0 Å². The first kappa shape index (κ1) is 6.45. The van der Waals surface area contributed by atoms with Gasteiger partial charge in [0.1, 0.15) is 11.7 Å². The molecule has 53 valence electrons. The van der Waals surface area contributed by atoms with E-state index in [1.807, 2.05) is 27.8 Å². The van der Waals surface area contributed by atoms with Crippen LogP contribution in [0.15, 0.2) is 22.8 Å². The Bertz CT molecular complexity index is 189. The molecule has 5 heteroatoms. The highest BCUT2D eigenvalue weighted by molar-refractivity contribution is 8.04. The number of hydrogen-bond donors (Lipinski definition) is 2. The molecule has 0 aromatic heterocycles. The summed E-state index contributed by atoms with van der Waals surface area (Å²) in [6.45, 7) is 0. The number of hydrogen-bond acceptors (Lipinski definition) is 5. The zero-order valence-corrected chi connectivity index (χ0v) is 6.71. The van der Waals surface area contributed by atoms with Crippen LogP contribution in [0.2, 0.25) is 0 Å². The molecular formula is C5H6N3S2. The molecule has 0 atom stereocenters. The first-order valence-corrected chi connectivity index (χ1v) is 4.60. The van der Waals surface area contributed by atoms with E-state index in [1.165, 1.54) is 0 Å². The summed E-state index contributed by atoms with van der Waals surface area (Å²) in [7, 11) is 0. The maximum atomic E-state index is 3.00. The van der Waals surface area contributed by atoms with Gasteiger partial charge < -0.3 is 4.90 Å². The molecule has 2 rings (SSSR count). The Hall–Kier alpha value is -0.260. The maximum Gasteiger partial charge on any atom is 0.129 e. The van der Waals surface area contributed by atoms with Crippen molar-refractivity contribution in [2.24, 2.45) is 0 Å². The number of hydrazine groups is 1. The van der Waals surface area contributed by atoms with Crippen LogP contribution in [-0.4, -0.2) is 4.90 Å². The van der Waals surface area contributed by atoms with Crippen LogP contribution < -0.4 is 10.3 Å². The lowest BCUT2D eigenvalue weighted by Crippen LogP contribution is -2.26. The lowest BCUT2D eigenvalue weighted by Gasteiger charge is -2.13. The van der Waals surface area contributed by atoms with E-state index in [0.29, 0.717) is 0 Å². The van der Waals surface area contributed by atoms with Crippen molar-refractivity contribution in [3.05, 3.63) is 28.7 Å². The molecule has 0 aromatic rings. The van der Waals surface area contributed by atoms with Crippen LogP contribution in [0.25, 0.3) is 0 Å². The van der Waals surface area contributed by atoms with Crippen molar-refractivity contribution in [1.82, 2.24) is 15.2 Å². The summed E-state index contributed by atoms with van der Waals surface area (Å²) in [6.07, 6.45) is 2.01. The summed E-state index contributed by atoms with van der Waals surface area (Å²) >= 11 is 3.21. The zero-order chi connectivity index (χ0) is 6.81. The average Bonchev–Trinajstić information content (AvgIpc) is 2.59. The lowest BCUT2D eigenvalue weighted by molar-refractivity contribution is 0.543. The molecule has 0 fully saturated rings. The second-order valence-corrected chi connectivity index (χ2v) is 3.21. The summed E-state index contributed by atoms with van der Waals surface area (Å²) in [5.74, 6) is 3.11. The van der Waals surface area contributed by atoms with Gasteiger partial charge in [0, 0.05) is 11.6 Å². The smallest absolute Gasteiger partial charge is 0.129 e. The maximum absolute atomic E-state index is 3.00. The third kappa shape index (κ3) is 1.12. The average molecular weight is 172 g/mol. The van der Waals surface area contributed by atoms with Crippen LogP contribution >= 0.6 is 23.7 Å². The van der Waals surface area contributed by atoms with Crippen molar-refractivity contribution >= 4 is 23.7 Å². The molecule has 0 unspecified atom stereocenters. The highest BCUT2D eigenvalue weighted by Gasteiger charge is 2.13. The van der Waals surface area contributed by atoms with Crippen LogP contribution in [0.1, 0.15) is 0 Å². The Labute approximate surface area is 68.0 Å². The number of nitrogens with one attached hydrogen (secondary N) is 2. The summed E-state index contributed by atoms with van der Waals surface area (Å²) in [6, 6.07) is 0. The van der Waals surface area contributed by atoms with Gasteiger partial charge in [-0.2, -0.15) is 4.83 Å². The Morgan fingerprint density at radius 2 is 2.50 bits per heavy atom. The molecule has 2 aliphatic rings. The van der Waals surface area contributed by atoms with E-state index >= 15 is 0 Å². The molecule has 3 nitrogen and oxygen atoms in total. The van der Waals surface area contributed by atoms with Crippen molar-refractivity contribution < 1.29 is 0 Å². The fraction of sp³-hybridized carbons (Fsp3) is 0. The third-order valence-electron chi connectivity index (χ3n) is 1.16. The Balaban J connectivity index is 2.04. The molecule has 2 heterocycles. The van der Waals surface area contributed by atoms with Gasteiger partial charge in [-0.1, -0.05) is 0 Å². The molecule has 0 aliphatic carbocycles. The van der Waals surface area contributed by atoms with Gasteiger partial charge in [0.15, 0.2) is 0 Å². The fourth-order valence-corrected chi connectivity index (χ4v) is 1.80. The van der Waals surface area contributed by atoms with E-state index in [-0.39, 0.29) is 0 Å². The zero-order valence-electron chi connectivity index (χ0n) is 5.07. The van der Waals surface area contributed by atoms with Crippen LogP contribution in [0.5, 0.6) is 0 Å². The molecule has 1 radical (unpaired) electrons. The topological polar surface area (TPSA) is 27.3 Å². The van der Waals surface area contributed by atoms with E-state index in [1.54, 1.807) is 23.7 Å². The molecule has 0 spiro atoms. The third-order valence-corrected chi connectivity index (χ3v) is 2.35. The summed E-state index contributed by atoms with van der Waals surface area (Å²) in [5.41, 5.74) is 3.00. The Morgan fingerprint density at radius 1 is 1.50 bits per heavy atom. The molecule has 0 aromatic carbocycles. The van der Waals surface area contributed by atoms with Crippen LogP contribution in [0.3, 0.4) is 0 Å². The molecule has 0 saturated heterocycles. The van der Waals surface area contributed by atoms with Gasteiger partial charge in [-0.15, -0.1) is 11.8 Å². The van der Waals surface area contributed by atoms with Crippen molar-refractivity contribution in [2.75, 3.05) is 0 Å². The van der Waals surface area contributed by atoms with Crippen molar-refractivity contribution in [1.29, 1.82) is 0 Å². The SMILES string of the molecule is [CH]1SC=CN1C1=CSNN1. The first-order chi connectivity index (χ1) is 4.97. The van der Waals surface area contributed by atoms with E-state index < -0.39 is 0 Å². The Kier molecular flexibility index (Phi) is 1.79. The van der Waals surface area contributed by atoms with Gasteiger partial charge in [0.05, 0.1) is 0 Å². The van der Waals surface area contributed by atoms with Crippen molar-refractivity contribution in [3.8, 4) is 0 Å². The van der Waals surface area contributed by atoms with Crippen LogP contribution in [0, 0.1) is 5.88 Å². The predicted octanol–water partition coefficient (Wildman–Crippen LogP) is 1.18. The molecule has 10 heavy (non-hydrogen) atoms. The quantitative estimate of drug-likeness (QED) is 0.579. The number of thioether (sulfide) groups is 1. The molecule has 0 saturated carbocycles. The van der Waals surface area contributed by atoms with E-state index in [0.717, 1.165) is 5.82 Å². The lowest BCUT2D eigenvalue weighted by atomic mass is 10.7. The van der Waals surface area contributed by atoms with E-state index in [4.69, 9.17) is 0 Å². The van der Waals surface area contributed by atoms with Gasteiger partial charge in [-0.05, 0) is 17.4 Å². The molecule has 2 N–H and O–H groups in total. The monoisotopic (exact) mass is 172 g/mol. The minimum Gasteiger partial charge on any atom is -0.317 e. The van der Waals surface area contributed by atoms with Gasteiger partial charge in [0.25, 0.3) is 0 Å². The normalized spacial score (nSPS) is 23.2. The Morgan fingerprint density at radius 3 is 3.10 bits per heavy atom. The summed E-state index contributed by atoms with van der Waals surface area (Å²) in [5, 5.41) is 4.05. The van der Waals surface area contributed by atoms with Crippen LogP contribution in [-0.2, 0) is 0 Å². The van der Waals surface area contributed by atoms with E-state index in [2.05, 4.69) is 10.3 Å². The largest absolute Gasteiger partial charge is 0.317 e. The summed E-state index contributed by atoms with van der Waals surface area (Å²) in [4.78, 5) is 4.94. The predicted molar refractivity (Wildman–Crippen MR) is 44.8 cm³/mol. The van der Waals surface area contributed by atoms with Gasteiger partial charge in [-0.25, -0.2) is 0 Å². The number of nitrogens with zero attached hydrogens (tertiary/aromatic N) is 1. The molecule has 0 amide bonds. The van der Waals surface area contributed by atoms with Gasteiger partial charge >= 0.3 is 0 Å². The molecule has 2 aliphatic heterocycles. The molecule has 0 bridgehead atoms. The fourth-order valence-electron chi connectivity index (χ4n) is 0.696. The van der Waals surface area contributed by atoms with Crippen molar-refractivity contribution in [3.63, 3.8) is 0 Å². The molecular weight excluding hydrogens is 166 g/mol. The van der Waals surface area contributed by atoms with E-state index in [9.17, 15) is 0 Å². The second-order valence-electron chi connectivity index (χ2n) is 1.78. The first-order valence-electron chi connectivity index (χ1n) is 2.77. The summed E-state index contributed by atoms with van der Waals surface area (Å²) < 4.78 is 0. The minimum atomic E-state index is 1.08. The second kappa shape index (κ2) is 2.77. The van der Waals surface area contributed by atoms with Crippen molar-refractivity contribution in [2.45, 2.75) is 0 Å². The highest BCUT2D eigenvalue weighted by Crippen LogP contribution is 2.25. The minimum absolute atomic E-state index is 1.08. The number of rotatable bonds is 1. The standard InChI is InChI=1S/C5H6N3S2/c1-2-9-4-8(1)5-3-10-7-6-5/h1-4,6-7H. The van der Waals surface area contributed by atoms with Gasteiger partial charge in [0.2, 0.25) is 0 Å². The highest BCUT2D eigenvalue weighted by atomic mass is 32.2. The van der Waals surface area contributed by atoms with Gasteiger partial charge in [-0.3, -0.25) is 5.43 Å².